The van der Waals surface area contributed by atoms with Gasteiger partial charge in [-0.1, -0.05) is 0 Å². The first kappa shape index (κ1) is 9.93. The number of hydrogen-bond donors (Lipinski definition) is 1. The lowest BCUT2D eigenvalue weighted by Crippen LogP contribution is -2.51. The van der Waals surface area contributed by atoms with Gasteiger partial charge in [-0.2, -0.15) is 0 Å². The lowest BCUT2D eigenvalue weighted by Gasteiger charge is -2.31. The molecule has 80 valence electrons. The molecule has 0 aliphatic carbocycles. The molecule has 2 aliphatic heterocycles. The fraction of sp³-hybridized carbons (Fsp3) is 0.900. The predicted molar refractivity (Wildman–Crippen MR) is 55.1 cm³/mol. The van der Waals surface area contributed by atoms with E-state index in [1.807, 2.05) is 4.90 Å². The third-order valence-electron chi connectivity index (χ3n) is 3.29. The molecular weight excluding hydrogens is 178 g/mol. The molecule has 1 N–H and O–H groups in total. The van der Waals surface area contributed by atoms with Crippen LogP contribution in [0, 0.1) is 0 Å². The number of amides is 1. The van der Waals surface area contributed by atoms with E-state index in [4.69, 9.17) is 0 Å². The molecule has 2 heterocycles. The van der Waals surface area contributed by atoms with Crippen LogP contribution in [0.25, 0.3) is 0 Å². The molecule has 4 heteroatoms. The van der Waals surface area contributed by atoms with Gasteiger partial charge in [0.25, 0.3) is 0 Å². The Labute approximate surface area is 85.2 Å². The largest absolute Gasteiger partial charge is 0.339 e. The zero-order valence-electron chi connectivity index (χ0n) is 8.83. The van der Waals surface area contributed by atoms with E-state index in [1.54, 1.807) is 0 Å². The maximum Gasteiger partial charge on any atom is 0.236 e. The van der Waals surface area contributed by atoms with E-state index in [0.29, 0.717) is 12.6 Å². The highest BCUT2D eigenvalue weighted by Gasteiger charge is 2.26. The number of likely N-dealkylation sites (N-methyl/N-ethyl adjacent to an activating group) is 1. The van der Waals surface area contributed by atoms with Gasteiger partial charge in [0.05, 0.1) is 6.54 Å². The maximum absolute atomic E-state index is 11.5. The van der Waals surface area contributed by atoms with E-state index in [9.17, 15) is 4.79 Å². The summed E-state index contributed by atoms with van der Waals surface area (Å²) in [5, 5.41) is 3.10. The average Bonchev–Trinajstić information content (AvgIpc) is 2.56. The van der Waals surface area contributed by atoms with E-state index in [-0.39, 0.29) is 5.91 Å². The van der Waals surface area contributed by atoms with E-state index < -0.39 is 0 Å². The summed E-state index contributed by atoms with van der Waals surface area (Å²) in [6, 6.07) is 0.594. The smallest absolute Gasteiger partial charge is 0.236 e. The molecule has 0 bridgehead atoms. The molecule has 14 heavy (non-hydrogen) atoms. The van der Waals surface area contributed by atoms with Crippen molar-refractivity contribution in [3.63, 3.8) is 0 Å². The molecule has 0 spiro atoms. The first-order valence-electron chi connectivity index (χ1n) is 5.46. The van der Waals surface area contributed by atoms with Crippen LogP contribution in [0.4, 0.5) is 0 Å². The van der Waals surface area contributed by atoms with Crippen molar-refractivity contribution in [1.29, 1.82) is 0 Å². The molecule has 2 fully saturated rings. The first-order valence-corrected chi connectivity index (χ1v) is 5.46. The average molecular weight is 197 g/mol. The monoisotopic (exact) mass is 197 g/mol. The van der Waals surface area contributed by atoms with Crippen molar-refractivity contribution in [2.24, 2.45) is 0 Å². The Hall–Kier alpha value is -0.610. The van der Waals surface area contributed by atoms with Crippen LogP contribution in [0.15, 0.2) is 0 Å². The van der Waals surface area contributed by atoms with Crippen LogP contribution in [-0.4, -0.2) is 61.5 Å². The van der Waals surface area contributed by atoms with Crippen molar-refractivity contribution in [1.82, 2.24) is 15.1 Å². The summed E-state index contributed by atoms with van der Waals surface area (Å²) in [6.07, 6.45) is 2.52. The molecule has 0 saturated carbocycles. The molecule has 4 nitrogen and oxygen atoms in total. The molecule has 1 atom stereocenters. The lowest BCUT2D eigenvalue weighted by atomic mass is 10.2. The summed E-state index contributed by atoms with van der Waals surface area (Å²) >= 11 is 0. The van der Waals surface area contributed by atoms with Gasteiger partial charge in [0, 0.05) is 25.7 Å². The Bertz CT molecular complexity index is 219. The fourth-order valence-electron chi connectivity index (χ4n) is 2.30. The summed E-state index contributed by atoms with van der Waals surface area (Å²) in [5.74, 6) is 0.261. The molecule has 1 unspecified atom stereocenters. The third-order valence-corrected chi connectivity index (χ3v) is 3.29. The minimum atomic E-state index is 0.261. The lowest BCUT2D eigenvalue weighted by molar-refractivity contribution is -0.132. The molecule has 0 aromatic carbocycles. The van der Waals surface area contributed by atoms with Gasteiger partial charge in [0.15, 0.2) is 0 Å². The standard InChI is InChI=1S/C10H19N3O/c1-12-5-2-3-9(12)8-13-6-4-11-7-10(13)14/h9,11H,2-8H2,1H3. The second-order valence-corrected chi connectivity index (χ2v) is 4.29. The van der Waals surface area contributed by atoms with Gasteiger partial charge < -0.3 is 15.1 Å². The second kappa shape index (κ2) is 4.28. The summed E-state index contributed by atoms with van der Waals surface area (Å²) in [6.45, 7) is 4.46. The van der Waals surface area contributed by atoms with Crippen molar-refractivity contribution in [3.05, 3.63) is 0 Å². The quantitative estimate of drug-likeness (QED) is 0.649. The number of piperazine rings is 1. The molecule has 0 aromatic heterocycles. The van der Waals surface area contributed by atoms with E-state index in [2.05, 4.69) is 17.3 Å². The number of rotatable bonds is 2. The van der Waals surface area contributed by atoms with Crippen LogP contribution in [-0.2, 0) is 4.79 Å². The van der Waals surface area contributed by atoms with Crippen LogP contribution in [0.5, 0.6) is 0 Å². The molecule has 0 aromatic rings. The van der Waals surface area contributed by atoms with E-state index in [1.165, 1.54) is 19.4 Å². The normalized spacial score (nSPS) is 29.9. The van der Waals surface area contributed by atoms with Gasteiger partial charge in [0.1, 0.15) is 0 Å². The Morgan fingerprint density at radius 3 is 3.00 bits per heavy atom. The number of nitrogens with zero attached hydrogens (tertiary/aromatic N) is 2. The maximum atomic E-state index is 11.5. The van der Waals surface area contributed by atoms with Gasteiger partial charge in [-0.3, -0.25) is 4.79 Å². The Morgan fingerprint density at radius 1 is 1.50 bits per heavy atom. The van der Waals surface area contributed by atoms with Crippen LogP contribution in [0.2, 0.25) is 0 Å². The minimum absolute atomic E-state index is 0.261. The SMILES string of the molecule is CN1CCCC1CN1CCNCC1=O. The minimum Gasteiger partial charge on any atom is -0.339 e. The number of carbonyl (C=O) groups is 1. The molecule has 2 aliphatic rings. The molecule has 1 amide bonds. The van der Waals surface area contributed by atoms with E-state index in [0.717, 1.165) is 19.6 Å². The van der Waals surface area contributed by atoms with Gasteiger partial charge in [0.2, 0.25) is 5.91 Å². The highest BCUT2D eigenvalue weighted by Crippen LogP contribution is 2.16. The van der Waals surface area contributed by atoms with Crippen molar-refractivity contribution in [2.75, 3.05) is 39.8 Å². The van der Waals surface area contributed by atoms with Crippen LogP contribution in [0.3, 0.4) is 0 Å². The number of likely N-dealkylation sites (tertiary alicyclic amines) is 1. The van der Waals surface area contributed by atoms with Crippen LogP contribution in [0.1, 0.15) is 12.8 Å². The highest BCUT2D eigenvalue weighted by molar-refractivity contribution is 5.79. The zero-order valence-corrected chi connectivity index (χ0v) is 8.83. The van der Waals surface area contributed by atoms with Gasteiger partial charge >= 0.3 is 0 Å². The van der Waals surface area contributed by atoms with Crippen molar-refractivity contribution in [3.8, 4) is 0 Å². The van der Waals surface area contributed by atoms with Gasteiger partial charge in [-0.15, -0.1) is 0 Å². The Kier molecular flexibility index (Phi) is 3.03. The highest BCUT2D eigenvalue weighted by atomic mass is 16.2. The number of nitrogens with one attached hydrogen (secondary N) is 1. The summed E-state index contributed by atoms with van der Waals surface area (Å²) in [7, 11) is 2.16. The zero-order chi connectivity index (χ0) is 9.97. The van der Waals surface area contributed by atoms with E-state index >= 15 is 0 Å². The molecule has 0 radical (unpaired) electrons. The number of carbonyl (C=O) groups excluding carboxylic acids is 1. The molecule has 2 rings (SSSR count). The summed E-state index contributed by atoms with van der Waals surface area (Å²) < 4.78 is 0. The fourth-order valence-corrected chi connectivity index (χ4v) is 2.30. The first-order chi connectivity index (χ1) is 6.77. The summed E-state index contributed by atoms with van der Waals surface area (Å²) in [5.41, 5.74) is 0. The predicted octanol–water partition coefficient (Wildman–Crippen LogP) is -0.488. The van der Waals surface area contributed by atoms with Gasteiger partial charge in [-0.05, 0) is 26.4 Å². The summed E-state index contributed by atoms with van der Waals surface area (Å²) in [4.78, 5) is 15.9. The Balaban J connectivity index is 1.86. The molecule has 2 saturated heterocycles. The Morgan fingerprint density at radius 2 is 2.36 bits per heavy atom. The van der Waals surface area contributed by atoms with Crippen molar-refractivity contribution < 1.29 is 4.79 Å². The van der Waals surface area contributed by atoms with Crippen LogP contribution < -0.4 is 5.32 Å². The third kappa shape index (κ3) is 2.07. The van der Waals surface area contributed by atoms with Crippen LogP contribution >= 0.6 is 0 Å². The second-order valence-electron chi connectivity index (χ2n) is 4.29. The topological polar surface area (TPSA) is 35.6 Å². The number of hydrogen-bond acceptors (Lipinski definition) is 3. The molecular formula is C10H19N3O. The van der Waals surface area contributed by atoms with Gasteiger partial charge in [-0.25, -0.2) is 0 Å². The van der Waals surface area contributed by atoms with Crippen molar-refractivity contribution in [2.45, 2.75) is 18.9 Å². The van der Waals surface area contributed by atoms with Crippen molar-refractivity contribution >= 4 is 5.91 Å².